The van der Waals surface area contributed by atoms with E-state index < -0.39 is 11.9 Å². The van der Waals surface area contributed by atoms with Crippen LogP contribution in [-0.2, 0) is 9.47 Å². The van der Waals surface area contributed by atoms with Crippen molar-refractivity contribution in [3.8, 4) is 0 Å². The van der Waals surface area contributed by atoms with Gasteiger partial charge in [0.05, 0.1) is 12.7 Å². The first-order valence-electron chi connectivity index (χ1n) is 4.57. The predicted octanol–water partition coefficient (Wildman–Crippen LogP) is 0.127. The summed E-state index contributed by atoms with van der Waals surface area (Å²) >= 11 is 0. The highest BCUT2D eigenvalue weighted by molar-refractivity contribution is 4.80. The molecule has 0 aliphatic carbocycles. The van der Waals surface area contributed by atoms with E-state index in [1.807, 2.05) is 13.8 Å². The van der Waals surface area contributed by atoms with E-state index in [-0.39, 0.29) is 18.6 Å². The molecule has 13 heavy (non-hydrogen) atoms. The molecule has 0 bridgehead atoms. The van der Waals surface area contributed by atoms with Crippen molar-refractivity contribution in [1.82, 2.24) is 0 Å². The van der Waals surface area contributed by atoms with E-state index in [0.29, 0.717) is 6.61 Å². The fourth-order valence-electron chi connectivity index (χ4n) is 1.36. The number of rotatable bonds is 3. The van der Waals surface area contributed by atoms with Gasteiger partial charge in [-0.3, -0.25) is 0 Å². The molecule has 3 atom stereocenters. The molecule has 0 aromatic carbocycles. The monoisotopic (exact) mass is 190 g/mol. The SMILES string of the molecule is C[C@@H](CO)[C@H](O)[C@H]1COC(C)(C)O1. The van der Waals surface area contributed by atoms with Gasteiger partial charge in [-0.05, 0) is 13.8 Å². The molecule has 1 fully saturated rings. The molecule has 4 nitrogen and oxygen atoms in total. The topological polar surface area (TPSA) is 58.9 Å². The first kappa shape index (κ1) is 10.9. The normalized spacial score (nSPS) is 31.6. The molecule has 1 aliphatic rings. The minimum Gasteiger partial charge on any atom is -0.396 e. The molecular formula is C9H18O4. The van der Waals surface area contributed by atoms with Crippen LogP contribution in [0.1, 0.15) is 20.8 Å². The number of aliphatic hydroxyl groups excluding tert-OH is 2. The van der Waals surface area contributed by atoms with Crippen LogP contribution in [0.5, 0.6) is 0 Å². The molecular weight excluding hydrogens is 172 g/mol. The Morgan fingerprint density at radius 2 is 2.15 bits per heavy atom. The number of hydrogen-bond donors (Lipinski definition) is 2. The number of hydrogen-bond acceptors (Lipinski definition) is 4. The number of ether oxygens (including phenoxy) is 2. The van der Waals surface area contributed by atoms with Crippen molar-refractivity contribution >= 4 is 0 Å². The van der Waals surface area contributed by atoms with E-state index >= 15 is 0 Å². The van der Waals surface area contributed by atoms with Crippen molar-refractivity contribution in [3.05, 3.63) is 0 Å². The fourth-order valence-corrected chi connectivity index (χ4v) is 1.36. The molecule has 1 rings (SSSR count). The Morgan fingerprint density at radius 3 is 2.54 bits per heavy atom. The largest absolute Gasteiger partial charge is 0.396 e. The Bertz CT molecular complexity index is 169. The van der Waals surface area contributed by atoms with Crippen molar-refractivity contribution in [2.75, 3.05) is 13.2 Å². The van der Waals surface area contributed by atoms with Gasteiger partial charge < -0.3 is 19.7 Å². The lowest BCUT2D eigenvalue weighted by atomic mass is 10.0. The molecule has 0 aromatic heterocycles. The zero-order valence-electron chi connectivity index (χ0n) is 8.36. The van der Waals surface area contributed by atoms with Crippen LogP contribution in [0.2, 0.25) is 0 Å². The van der Waals surface area contributed by atoms with E-state index in [1.165, 1.54) is 0 Å². The van der Waals surface area contributed by atoms with Crippen molar-refractivity contribution in [3.63, 3.8) is 0 Å². The van der Waals surface area contributed by atoms with E-state index in [9.17, 15) is 5.11 Å². The zero-order valence-corrected chi connectivity index (χ0v) is 8.36. The van der Waals surface area contributed by atoms with Crippen LogP contribution in [0.25, 0.3) is 0 Å². The van der Waals surface area contributed by atoms with Crippen LogP contribution >= 0.6 is 0 Å². The van der Waals surface area contributed by atoms with Crippen LogP contribution in [0.4, 0.5) is 0 Å². The maximum atomic E-state index is 9.68. The highest BCUT2D eigenvalue weighted by Crippen LogP contribution is 2.26. The minimum atomic E-state index is -0.660. The summed E-state index contributed by atoms with van der Waals surface area (Å²) in [5, 5.41) is 18.5. The molecule has 1 heterocycles. The molecule has 1 saturated heterocycles. The molecule has 0 unspecified atom stereocenters. The Labute approximate surface area is 78.5 Å². The van der Waals surface area contributed by atoms with Gasteiger partial charge in [0.2, 0.25) is 0 Å². The first-order chi connectivity index (χ1) is 5.96. The molecule has 78 valence electrons. The predicted molar refractivity (Wildman–Crippen MR) is 47.2 cm³/mol. The second-order valence-corrected chi connectivity index (χ2v) is 4.02. The Hall–Kier alpha value is -0.160. The summed E-state index contributed by atoms with van der Waals surface area (Å²) in [6.45, 7) is 5.74. The van der Waals surface area contributed by atoms with Gasteiger partial charge in [-0.2, -0.15) is 0 Å². The molecule has 0 radical (unpaired) electrons. The Morgan fingerprint density at radius 1 is 1.54 bits per heavy atom. The Kier molecular flexibility index (Phi) is 3.29. The van der Waals surface area contributed by atoms with Gasteiger partial charge in [-0.15, -0.1) is 0 Å². The van der Waals surface area contributed by atoms with Gasteiger partial charge in [0.15, 0.2) is 5.79 Å². The van der Waals surface area contributed by atoms with E-state index in [2.05, 4.69) is 0 Å². The molecule has 0 spiro atoms. The van der Waals surface area contributed by atoms with Gasteiger partial charge in [-0.1, -0.05) is 6.92 Å². The summed E-state index contributed by atoms with van der Waals surface area (Å²) in [6.07, 6.45) is -0.982. The summed E-state index contributed by atoms with van der Waals surface area (Å²) in [5.74, 6) is -0.789. The molecule has 2 N–H and O–H groups in total. The van der Waals surface area contributed by atoms with Gasteiger partial charge in [0.25, 0.3) is 0 Å². The molecule has 0 amide bonds. The van der Waals surface area contributed by atoms with Crippen molar-refractivity contribution in [2.24, 2.45) is 5.92 Å². The van der Waals surface area contributed by atoms with Crippen LogP contribution in [0.15, 0.2) is 0 Å². The number of aliphatic hydroxyl groups is 2. The van der Waals surface area contributed by atoms with E-state index in [4.69, 9.17) is 14.6 Å². The van der Waals surface area contributed by atoms with Crippen LogP contribution in [0, 0.1) is 5.92 Å². The molecule has 0 saturated carbocycles. The first-order valence-corrected chi connectivity index (χ1v) is 4.57. The lowest BCUT2D eigenvalue weighted by Crippen LogP contribution is -2.36. The van der Waals surface area contributed by atoms with E-state index in [0.717, 1.165) is 0 Å². The van der Waals surface area contributed by atoms with Crippen molar-refractivity contribution in [2.45, 2.75) is 38.8 Å². The lowest BCUT2D eigenvalue weighted by molar-refractivity contribution is -0.156. The maximum absolute atomic E-state index is 9.68. The third-order valence-corrected chi connectivity index (χ3v) is 2.28. The van der Waals surface area contributed by atoms with Gasteiger partial charge >= 0.3 is 0 Å². The third kappa shape index (κ3) is 2.64. The average Bonchev–Trinajstić information content (AvgIpc) is 2.43. The fraction of sp³-hybridized carbons (Fsp3) is 1.00. The van der Waals surface area contributed by atoms with Crippen LogP contribution in [-0.4, -0.2) is 41.4 Å². The quantitative estimate of drug-likeness (QED) is 0.664. The summed E-state index contributed by atoms with van der Waals surface area (Å²) in [6, 6.07) is 0. The highest BCUT2D eigenvalue weighted by Gasteiger charge is 2.38. The van der Waals surface area contributed by atoms with Gasteiger partial charge in [0.1, 0.15) is 6.10 Å². The Balaban J connectivity index is 2.46. The highest BCUT2D eigenvalue weighted by atomic mass is 16.7. The summed E-state index contributed by atoms with van der Waals surface area (Å²) in [4.78, 5) is 0. The lowest BCUT2D eigenvalue weighted by Gasteiger charge is -2.23. The van der Waals surface area contributed by atoms with Crippen LogP contribution in [0.3, 0.4) is 0 Å². The average molecular weight is 190 g/mol. The second kappa shape index (κ2) is 3.92. The van der Waals surface area contributed by atoms with Gasteiger partial charge in [-0.25, -0.2) is 0 Å². The molecule has 0 aromatic rings. The smallest absolute Gasteiger partial charge is 0.163 e. The third-order valence-electron chi connectivity index (χ3n) is 2.28. The summed E-state index contributed by atoms with van der Waals surface area (Å²) < 4.78 is 10.8. The van der Waals surface area contributed by atoms with Gasteiger partial charge in [0, 0.05) is 12.5 Å². The molecule has 4 heteroatoms. The summed E-state index contributed by atoms with van der Waals surface area (Å²) in [5.41, 5.74) is 0. The standard InChI is InChI=1S/C9H18O4/c1-6(4-10)8(11)7-5-12-9(2,3)13-7/h6-8,10-11H,4-5H2,1-3H3/t6-,7+,8-/m0/s1. The molecule has 1 aliphatic heterocycles. The van der Waals surface area contributed by atoms with Crippen molar-refractivity contribution in [1.29, 1.82) is 0 Å². The maximum Gasteiger partial charge on any atom is 0.163 e. The van der Waals surface area contributed by atoms with Crippen LogP contribution < -0.4 is 0 Å². The second-order valence-electron chi connectivity index (χ2n) is 4.02. The summed E-state index contributed by atoms with van der Waals surface area (Å²) in [7, 11) is 0. The van der Waals surface area contributed by atoms with E-state index in [1.54, 1.807) is 6.92 Å². The minimum absolute atomic E-state index is 0.0402. The van der Waals surface area contributed by atoms with Crippen molar-refractivity contribution < 1.29 is 19.7 Å². The zero-order chi connectivity index (χ0) is 10.1.